The van der Waals surface area contributed by atoms with E-state index in [2.05, 4.69) is 0 Å². The molecule has 0 aromatic rings. The Bertz CT molecular complexity index is 292. The lowest BCUT2D eigenvalue weighted by Crippen LogP contribution is -2.50. The van der Waals surface area contributed by atoms with E-state index in [0.717, 1.165) is 0 Å². The van der Waals surface area contributed by atoms with Gasteiger partial charge in [0.15, 0.2) is 0 Å². The van der Waals surface area contributed by atoms with Crippen molar-refractivity contribution in [2.75, 3.05) is 13.1 Å². The molecule has 1 fully saturated rings. The Labute approximate surface area is 106 Å². The number of carbonyl (C=O) groups is 1. The Hall–Kier alpha value is -0.780. The van der Waals surface area contributed by atoms with Gasteiger partial charge in [0, 0.05) is 13.1 Å². The molecule has 1 saturated heterocycles. The average molecular weight is 266 g/mol. The molecular formula is C12H21F3N2O. The fraction of sp³-hybridized carbons (Fsp3) is 0.917. The number of halogens is 3. The van der Waals surface area contributed by atoms with Gasteiger partial charge >= 0.3 is 6.18 Å². The van der Waals surface area contributed by atoms with Gasteiger partial charge in [-0.2, -0.15) is 13.2 Å². The SMILES string of the molecule is CC(C)C[C@H](N)C(=O)N1CCCC(C(F)(F)F)C1. The molecular weight excluding hydrogens is 245 g/mol. The van der Waals surface area contributed by atoms with Crippen LogP contribution in [0.25, 0.3) is 0 Å². The molecule has 0 aromatic carbocycles. The van der Waals surface area contributed by atoms with E-state index >= 15 is 0 Å². The van der Waals surface area contributed by atoms with Gasteiger partial charge in [0.25, 0.3) is 0 Å². The fourth-order valence-corrected chi connectivity index (χ4v) is 2.29. The quantitative estimate of drug-likeness (QED) is 0.851. The summed E-state index contributed by atoms with van der Waals surface area (Å²) in [7, 11) is 0. The van der Waals surface area contributed by atoms with E-state index in [4.69, 9.17) is 5.73 Å². The Morgan fingerprint density at radius 3 is 2.56 bits per heavy atom. The number of piperidine rings is 1. The summed E-state index contributed by atoms with van der Waals surface area (Å²) in [6.07, 6.45) is -3.22. The molecule has 0 aromatic heterocycles. The molecule has 1 aliphatic rings. The lowest BCUT2D eigenvalue weighted by molar-refractivity contribution is -0.188. The third-order valence-electron chi connectivity index (χ3n) is 3.24. The van der Waals surface area contributed by atoms with Gasteiger partial charge in [-0.1, -0.05) is 13.8 Å². The highest BCUT2D eigenvalue weighted by molar-refractivity contribution is 5.81. The Morgan fingerprint density at radius 2 is 2.06 bits per heavy atom. The van der Waals surface area contributed by atoms with Crippen LogP contribution in [0, 0.1) is 11.8 Å². The van der Waals surface area contributed by atoms with Crippen molar-refractivity contribution in [2.45, 2.75) is 45.3 Å². The number of nitrogens with two attached hydrogens (primary N) is 1. The van der Waals surface area contributed by atoms with Gasteiger partial charge in [0.1, 0.15) is 0 Å². The molecule has 1 amide bonds. The maximum atomic E-state index is 12.6. The molecule has 2 N–H and O–H groups in total. The molecule has 0 saturated carbocycles. The minimum absolute atomic E-state index is 0.104. The first kappa shape index (κ1) is 15.3. The minimum atomic E-state index is -4.22. The lowest BCUT2D eigenvalue weighted by Gasteiger charge is -2.35. The van der Waals surface area contributed by atoms with Crippen molar-refractivity contribution in [1.29, 1.82) is 0 Å². The summed E-state index contributed by atoms with van der Waals surface area (Å²) in [5.41, 5.74) is 5.73. The van der Waals surface area contributed by atoms with E-state index < -0.39 is 18.1 Å². The first-order valence-electron chi connectivity index (χ1n) is 6.33. The van der Waals surface area contributed by atoms with E-state index in [1.54, 1.807) is 0 Å². The zero-order valence-corrected chi connectivity index (χ0v) is 10.8. The van der Waals surface area contributed by atoms with Crippen LogP contribution in [-0.4, -0.2) is 36.1 Å². The highest BCUT2D eigenvalue weighted by Gasteiger charge is 2.43. The first-order chi connectivity index (χ1) is 8.21. The number of hydrogen-bond donors (Lipinski definition) is 1. The largest absolute Gasteiger partial charge is 0.393 e. The van der Waals surface area contributed by atoms with Crippen molar-refractivity contribution in [2.24, 2.45) is 17.6 Å². The van der Waals surface area contributed by atoms with Crippen molar-refractivity contribution in [3.05, 3.63) is 0 Å². The zero-order chi connectivity index (χ0) is 13.9. The van der Waals surface area contributed by atoms with E-state index in [-0.39, 0.29) is 24.8 Å². The van der Waals surface area contributed by atoms with Gasteiger partial charge in [-0.25, -0.2) is 0 Å². The van der Waals surface area contributed by atoms with Crippen LogP contribution in [0.4, 0.5) is 13.2 Å². The molecule has 1 rings (SSSR count). The number of carbonyl (C=O) groups excluding carboxylic acids is 1. The molecule has 106 valence electrons. The van der Waals surface area contributed by atoms with Gasteiger partial charge in [0.05, 0.1) is 12.0 Å². The molecule has 1 aliphatic heterocycles. The molecule has 1 unspecified atom stereocenters. The number of amides is 1. The molecule has 0 spiro atoms. The minimum Gasteiger partial charge on any atom is -0.341 e. The molecule has 0 bridgehead atoms. The first-order valence-corrected chi connectivity index (χ1v) is 6.33. The van der Waals surface area contributed by atoms with Crippen molar-refractivity contribution >= 4 is 5.91 Å². The maximum Gasteiger partial charge on any atom is 0.393 e. The topological polar surface area (TPSA) is 46.3 Å². The standard InChI is InChI=1S/C12H21F3N2O/c1-8(2)6-10(16)11(18)17-5-3-4-9(7-17)12(13,14)15/h8-10H,3-7,16H2,1-2H3/t9?,10-/m0/s1. The van der Waals surface area contributed by atoms with Crippen LogP contribution in [0.15, 0.2) is 0 Å². The Morgan fingerprint density at radius 1 is 1.44 bits per heavy atom. The van der Waals surface area contributed by atoms with Crippen LogP contribution in [0.3, 0.4) is 0 Å². The van der Waals surface area contributed by atoms with Crippen molar-refractivity contribution in [1.82, 2.24) is 4.90 Å². The van der Waals surface area contributed by atoms with E-state index in [9.17, 15) is 18.0 Å². The van der Waals surface area contributed by atoms with Crippen LogP contribution in [0.1, 0.15) is 33.1 Å². The predicted molar refractivity (Wildman–Crippen MR) is 62.8 cm³/mol. The van der Waals surface area contributed by atoms with Crippen molar-refractivity contribution in [3.8, 4) is 0 Å². The normalized spacial score (nSPS) is 23.3. The van der Waals surface area contributed by atoms with Crippen LogP contribution in [0.2, 0.25) is 0 Å². The zero-order valence-electron chi connectivity index (χ0n) is 10.8. The second kappa shape index (κ2) is 5.91. The van der Waals surface area contributed by atoms with E-state index in [1.165, 1.54) is 4.90 Å². The number of nitrogens with zero attached hydrogens (tertiary/aromatic N) is 1. The number of hydrogen-bond acceptors (Lipinski definition) is 2. The molecule has 18 heavy (non-hydrogen) atoms. The summed E-state index contributed by atoms with van der Waals surface area (Å²) >= 11 is 0. The molecule has 3 nitrogen and oxygen atoms in total. The second-order valence-electron chi connectivity index (χ2n) is 5.40. The summed E-state index contributed by atoms with van der Waals surface area (Å²) in [6.45, 7) is 4.01. The van der Waals surface area contributed by atoms with Crippen molar-refractivity contribution < 1.29 is 18.0 Å². The molecule has 0 aliphatic carbocycles. The average Bonchev–Trinajstić information content (AvgIpc) is 2.26. The third kappa shape index (κ3) is 4.15. The highest BCUT2D eigenvalue weighted by atomic mass is 19.4. The molecule has 6 heteroatoms. The predicted octanol–water partition coefficient (Wildman–Crippen LogP) is 2.16. The van der Waals surface area contributed by atoms with E-state index in [1.807, 2.05) is 13.8 Å². The molecule has 2 atom stereocenters. The molecule has 0 radical (unpaired) electrons. The summed E-state index contributed by atoms with van der Waals surface area (Å²) in [6, 6.07) is -0.683. The highest BCUT2D eigenvalue weighted by Crippen LogP contribution is 2.33. The fourth-order valence-electron chi connectivity index (χ4n) is 2.29. The second-order valence-corrected chi connectivity index (χ2v) is 5.40. The van der Waals surface area contributed by atoms with Gasteiger partial charge in [-0.15, -0.1) is 0 Å². The monoisotopic (exact) mass is 266 g/mol. The van der Waals surface area contributed by atoms with Crippen LogP contribution < -0.4 is 5.73 Å². The van der Waals surface area contributed by atoms with Gasteiger partial charge in [0.2, 0.25) is 5.91 Å². The summed E-state index contributed by atoms with van der Waals surface area (Å²) < 4.78 is 37.9. The van der Waals surface area contributed by atoms with Crippen LogP contribution in [-0.2, 0) is 4.79 Å². The van der Waals surface area contributed by atoms with Gasteiger partial charge < -0.3 is 10.6 Å². The van der Waals surface area contributed by atoms with Crippen molar-refractivity contribution in [3.63, 3.8) is 0 Å². The Balaban J connectivity index is 2.58. The summed E-state index contributed by atoms with van der Waals surface area (Å²) in [5.74, 6) is -1.49. The lowest BCUT2D eigenvalue weighted by atomic mass is 9.96. The smallest absolute Gasteiger partial charge is 0.341 e. The third-order valence-corrected chi connectivity index (χ3v) is 3.24. The molecule has 1 heterocycles. The number of rotatable bonds is 3. The number of alkyl halides is 3. The van der Waals surface area contributed by atoms with Gasteiger partial charge in [-0.3, -0.25) is 4.79 Å². The van der Waals surface area contributed by atoms with Crippen LogP contribution in [0.5, 0.6) is 0 Å². The van der Waals surface area contributed by atoms with Crippen LogP contribution >= 0.6 is 0 Å². The Kier molecular flexibility index (Phi) is 5.01. The maximum absolute atomic E-state index is 12.6. The number of likely N-dealkylation sites (tertiary alicyclic amines) is 1. The summed E-state index contributed by atoms with van der Waals surface area (Å²) in [5, 5.41) is 0. The summed E-state index contributed by atoms with van der Waals surface area (Å²) in [4.78, 5) is 13.2. The van der Waals surface area contributed by atoms with E-state index in [0.29, 0.717) is 19.4 Å². The van der Waals surface area contributed by atoms with Gasteiger partial charge in [-0.05, 0) is 25.2 Å².